The zero-order valence-corrected chi connectivity index (χ0v) is 16.8. The lowest BCUT2D eigenvalue weighted by atomic mass is 10.0. The van der Waals surface area contributed by atoms with Gasteiger partial charge in [0, 0.05) is 51.5 Å². The summed E-state index contributed by atoms with van der Waals surface area (Å²) in [7, 11) is 1.71. The first-order chi connectivity index (χ1) is 14.0. The first kappa shape index (κ1) is 21.6. The molecule has 7 nitrogen and oxygen atoms in total. The Bertz CT molecular complexity index is 666. The Hall–Kier alpha value is -2.10. The third-order valence-electron chi connectivity index (χ3n) is 5.58. The van der Waals surface area contributed by atoms with Crippen molar-refractivity contribution in [3.8, 4) is 0 Å². The largest absolute Gasteiger partial charge is 0.433 e. The number of rotatable bonds is 6. The fraction of sp³-hybridized carbons (Fsp3) is 0.737. The molecule has 1 aliphatic carbocycles. The summed E-state index contributed by atoms with van der Waals surface area (Å²) in [6.45, 7) is 3.10. The zero-order valence-electron chi connectivity index (χ0n) is 16.8. The average molecular weight is 413 g/mol. The van der Waals surface area contributed by atoms with Crippen LogP contribution in [0.2, 0.25) is 0 Å². The summed E-state index contributed by atoms with van der Waals surface area (Å²) < 4.78 is 38.1. The maximum absolute atomic E-state index is 12.7. The second kappa shape index (κ2) is 10.1. The number of hydrogen-bond donors (Lipinski definition) is 3. The van der Waals surface area contributed by atoms with Gasteiger partial charge in [0.05, 0.1) is 0 Å². The zero-order chi connectivity index (χ0) is 20.7. The van der Waals surface area contributed by atoms with E-state index in [2.05, 4.69) is 35.8 Å². The Morgan fingerprint density at radius 3 is 2.55 bits per heavy atom. The highest BCUT2D eigenvalue weighted by molar-refractivity contribution is 5.80. The second-order valence-corrected chi connectivity index (χ2v) is 7.58. The summed E-state index contributed by atoms with van der Waals surface area (Å²) in [6.07, 6.45) is 4.20. The van der Waals surface area contributed by atoms with Crippen molar-refractivity contribution in [2.75, 3.05) is 38.5 Å². The number of nitrogens with zero attached hydrogens (tertiary/aromatic N) is 4. The minimum Gasteiger partial charge on any atom is -0.355 e. The lowest BCUT2D eigenvalue weighted by molar-refractivity contribution is -0.141. The van der Waals surface area contributed by atoms with Gasteiger partial charge in [-0.05, 0) is 31.7 Å². The third kappa shape index (κ3) is 6.45. The van der Waals surface area contributed by atoms with Gasteiger partial charge in [0.15, 0.2) is 5.96 Å². The summed E-state index contributed by atoms with van der Waals surface area (Å²) in [5.41, 5.74) is -0.954. The lowest BCUT2D eigenvalue weighted by Crippen LogP contribution is -2.50. The van der Waals surface area contributed by atoms with E-state index < -0.39 is 11.9 Å². The third-order valence-corrected chi connectivity index (χ3v) is 5.58. The fourth-order valence-electron chi connectivity index (χ4n) is 4.02. The Labute approximate surface area is 169 Å². The van der Waals surface area contributed by atoms with Gasteiger partial charge >= 0.3 is 6.18 Å². The van der Waals surface area contributed by atoms with Gasteiger partial charge in [-0.25, -0.2) is 9.97 Å². The number of nitrogens with one attached hydrogen (secondary N) is 3. The SMILES string of the molecule is CN=C(NCCNc1nccc(C(F)(F)F)n1)NC1CCN(C2CCCC2)CC1. The van der Waals surface area contributed by atoms with Crippen molar-refractivity contribution >= 4 is 11.9 Å². The predicted molar refractivity (Wildman–Crippen MR) is 107 cm³/mol. The van der Waals surface area contributed by atoms with Crippen LogP contribution in [0.25, 0.3) is 0 Å². The van der Waals surface area contributed by atoms with Crippen molar-refractivity contribution in [3.05, 3.63) is 18.0 Å². The number of guanidine groups is 1. The standard InChI is InChI=1S/C19H30F3N7/c1-23-17(27-14-7-12-29(13-8-14)15-4-2-3-5-15)25-10-11-26-18-24-9-6-16(28-18)19(20,21)22/h6,9,14-15H,2-5,7-8,10-13H2,1H3,(H2,23,25,27)(H,24,26,28). The van der Waals surface area contributed by atoms with Gasteiger partial charge in [-0.1, -0.05) is 12.8 Å². The molecule has 29 heavy (non-hydrogen) atoms. The van der Waals surface area contributed by atoms with Crippen LogP contribution in [0.3, 0.4) is 0 Å². The van der Waals surface area contributed by atoms with Crippen LogP contribution in [0.15, 0.2) is 17.3 Å². The molecule has 0 bridgehead atoms. The summed E-state index contributed by atoms with van der Waals surface area (Å²) >= 11 is 0. The summed E-state index contributed by atoms with van der Waals surface area (Å²) in [4.78, 5) is 14.2. The van der Waals surface area contributed by atoms with Crippen LogP contribution in [-0.2, 0) is 6.18 Å². The molecule has 2 heterocycles. The first-order valence-electron chi connectivity index (χ1n) is 10.3. The van der Waals surface area contributed by atoms with Crippen LogP contribution in [0, 0.1) is 0 Å². The topological polar surface area (TPSA) is 77.5 Å². The summed E-state index contributed by atoms with van der Waals surface area (Å²) in [5.74, 6) is 0.667. The van der Waals surface area contributed by atoms with Crippen LogP contribution < -0.4 is 16.0 Å². The highest BCUT2D eigenvalue weighted by Gasteiger charge is 2.32. The van der Waals surface area contributed by atoms with Crippen molar-refractivity contribution in [1.82, 2.24) is 25.5 Å². The Morgan fingerprint density at radius 2 is 1.90 bits per heavy atom. The van der Waals surface area contributed by atoms with E-state index in [1.165, 1.54) is 25.7 Å². The van der Waals surface area contributed by atoms with Crippen molar-refractivity contribution in [3.63, 3.8) is 0 Å². The number of anilines is 1. The fourth-order valence-corrected chi connectivity index (χ4v) is 4.02. The second-order valence-electron chi connectivity index (χ2n) is 7.58. The van der Waals surface area contributed by atoms with Gasteiger partial charge in [-0.3, -0.25) is 4.99 Å². The number of alkyl halides is 3. The van der Waals surface area contributed by atoms with Crippen LogP contribution >= 0.6 is 0 Å². The van der Waals surface area contributed by atoms with Crippen LogP contribution in [0.5, 0.6) is 0 Å². The number of likely N-dealkylation sites (tertiary alicyclic amines) is 1. The predicted octanol–water partition coefficient (Wildman–Crippen LogP) is 2.48. The van der Waals surface area contributed by atoms with Crippen LogP contribution in [0.1, 0.15) is 44.2 Å². The molecule has 1 aromatic heterocycles. The molecule has 10 heteroatoms. The molecule has 1 aromatic rings. The van der Waals surface area contributed by atoms with Crippen molar-refractivity contribution in [2.45, 2.75) is 56.8 Å². The number of piperidine rings is 1. The molecule has 1 saturated carbocycles. The van der Waals surface area contributed by atoms with E-state index in [0.29, 0.717) is 25.1 Å². The Balaban J connectivity index is 1.36. The Morgan fingerprint density at radius 1 is 1.17 bits per heavy atom. The molecule has 0 amide bonds. The maximum atomic E-state index is 12.7. The number of aliphatic imine (C=N–C) groups is 1. The summed E-state index contributed by atoms with van der Waals surface area (Å²) in [5, 5.41) is 9.44. The molecule has 2 aliphatic rings. The molecule has 1 aliphatic heterocycles. The van der Waals surface area contributed by atoms with Crippen LogP contribution in [-0.4, -0.2) is 66.1 Å². The highest BCUT2D eigenvalue weighted by Crippen LogP contribution is 2.27. The minimum absolute atomic E-state index is 0.0381. The number of halogens is 3. The number of hydrogen-bond acceptors (Lipinski definition) is 5. The van der Waals surface area contributed by atoms with Gasteiger partial charge in [-0.2, -0.15) is 13.2 Å². The molecule has 0 spiro atoms. The molecule has 3 rings (SSSR count). The van der Waals surface area contributed by atoms with E-state index in [-0.39, 0.29) is 5.95 Å². The van der Waals surface area contributed by atoms with Crippen LogP contribution in [0.4, 0.5) is 19.1 Å². The minimum atomic E-state index is -4.48. The van der Waals surface area contributed by atoms with E-state index >= 15 is 0 Å². The maximum Gasteiger partial charge on any atom is 0.433 e. The van der Waals surface area contributed by atoms with Gasteiger partial charge in [0.25, 0.3) is 0 Å². The van der Waals surface area contributed by atoms with Gasteiger partial charge < -0.3 is 20.9 Å². The summed E-state index contributed by atoms with van der Waals surface area (Å²) in [6, 6.07) is 2.02. The van der Waals surface area contributed by atoms with Crippen molar-refractivity contribution in [2.24, 2.45) is 4.99 Å². The lowest BCUT2D eigenvalue weighted by Gasteiger charge is -2.36. The van der Waals surface area contributed by atoms with Gasteiger partial charge in [0.2, 0.25) is 5.95 Å². The first-order valence-corrected chi connectivity index (χ1v) is 10.3. The molecule has 0 atom stereocenters. The van der Waals surface area contributed by atoms with Crippen molar-refractivity contribution in [1.29, 1.82) is 0 Å². The molecule has 0 unspecified atom stereocenters. The van der Waals surface area contributed by atoms with Gasteiger partial charge in [-0.15, -0.1) is 0 Å². The monoisotopic (exact) mass is 413 g/mol. The molecule has 3 N–H and O–H groups in total. The molecular weight excluding hydrogens is 383 g/mol. The highest BCUT2D eigenvalue weighted by atomic mass is 19.4. The Kier molecular flexibility index (Phi) is 7.51. The van der Waals surface area contributed by atoms with Crippen molar-refractivity contribution < 1.29 is 13.2 Å². The van der Waals surface area contributed by atoms with E-state index in [9.17, 15) is 13.2 Å². The van der Waals surface area contributed by atoms with E-state index in [4.69, 9.17) is 0 Å². The molecule has 0 radical (unpaired) electrons. The molecular formula is C19H30F3N7. The van der Waals surface area contributed by atoms with E-state index in [1.807, 2.05) is 0 Å². The molecule has 0 aromatic carbocycles. The molecule has 162 valence electrons. The average Bonchev–Trinajstić information content (AvgIpc) is 3.25. The normalized spacial score (nSPS) is 20.1. The van der Waals surface area contributed by atoms with E-state index in [0.717, 1.165) is 44.2 Å². The molecule has 1 saturated heterocycles. The number of aromatic nitrogens is 2. The van der Waals surface area contributed by atoms with E-state index in [1.54, 1.807) is 7.05 Å². The van der Waals surface area contributed by atoms with Gasteiger partial charge in [0.1, 0.15) is 5.69 Å². The quantitative estimate of drug-likeness (QED) is 0.378. The smallest absolute Gasteiger partial charge is 0.355 e. The molecule has 2 fully saturated rings.